The number of ether oxygens (including phenoxy) is 1. The van der Waals surface area contributed by atoms with Crippen molar-refractivity contribution in [3.05, 3.63) is 65.7 Å². The number of piperidine rings is 1. The van der Waals surface area contributed by atoms with Gasteiger partial charge >= 0.3 is 0 Å². The Morgan fingerprint density at radius 1 is 1.03 bits per heavy atom. The SMILES string of the molecule is CC(C)c1ccc(C(=O)N2CCC(NC(=O)CCOc3ccccc3)CC2)cc1. The topological polar surface area (TPSA) is 58.6 Å². The van der Waals surface area contributed by atoms with E-state index < -0.39 is 0 Å². The predicted molar refractivity (Wildman–Crippen MR) is 114 cm³/mol. The van der Waals surface area contributed by atoms with Crippen molar-refractivity contribution in [2.24, 2.45) is 0 Å². The lowest BCUT2D eigenvalue weighted by Crippen LogP contribution is -2.46. The molecule has 0 saturated carbocycles. The lowest BCUT2D eigenvalue weighted by Gasteiger charge is -2.32. The van der Waals surface area contributed by atoms with E-state index >= 15 is 0 Å². The molecule has 0 radical (unpaired) electrons. The van der Waals surface area contributed by atoms with Crippen molar-refractivity contribution in [2.45, 2.75) is 45.1 Å². The summed E-state index contributed by atoms with van der Waals surface area (Å²) in [5, 5.41) is 3.07. The number of benzene rings is 2. The third kappa shape index (κ3) is 6.08. The minimum atomic E-state index is -0.00465. The molecule has 0 spiro atoms. The number of nitrogens with zero attached hydrogens (tertiary/aromatic N) is 1. The summed E-state index contributed by atoms with van der Waals surface area (Å²) >= 11 is 0. The molecule has 1 saturated heterocycles. The van der Waals surface area contributed by atoms with E-state index in [2.05, 4.69) is 19.2 Å². The highest BCUT2D eigenvalue weighted by molar-refractivity contribution is 5.94. The van der Waals surface area contributed by atoms with Crippen LogP contribution in [-0.2, 0) is 4.79 Å². The fourth-order valence-electron chi connectivity index (χ4n) is 3.50. The fourth-order valence-corrected chi connectivity index (χ4v) is 3.50. The van der Waals surface area contributed by atoms with Crippen LogP contribution in [-0.4, -0.2) is 42.5 Å². The molecule has 1 heterocycles. The van der Waals surface area contributed by atoms with Crippen molar-refractivity contribution in [3.8, 4) is 5.75 Å². The minimum absolute atomic E-state index is 0.00465. The monoisotopic (exact) mass is 394 g/mol. The van der Waals surface area contributed by atoms with E-state index in [0.717, 1.165) is 24.2 Å². The second-order valence-corrected chi connectivity index (χ2v) is 7.82. The second-order valence-electron chi connectivity index (χ2n) is 7.82. The van der Waals surface area contributed by atoms with Gasteiger partial charge in [-0.05, 0) is 48.6 Å². The number of carbonyl (C=O) groups excluding carboxylic acids is 2. The van der Waals surface area contributed by atoms with Gasteiger partial charge in [0.25, 0.3) is 5.91 Å². The van der Waals surface area contributed by atoms with Gasteiger partial charge in [-0.3, -0.25) is 9.59 Å². The molecule has 1 aliphatic heterocycles. The van der Waals surface area contributed by atoms with Gasteiger partial charge in [-0.2, -0.15) is 0 Å². The molecule has 3 rings (SSSR count). The summed E-state index contributed by atoms with van der Waals surface area (Å²) in [6.07, 6.45) is 1.89. The molecule has 154 valence electrons. The van der Waals surface area contributed by atoms with E-state index in [9.17, 15) is 9.59 Å². The van der Waals surface area contributed by atoms with E-state index in [1.807, 2.05) is 59.5 Å². The van der Waals surface area contributed by atoms with E-state index in [-0.39, 0.29) is 17.9 Å². The van der Waals surface area contributed by atoms with E-state index in [0.29, 0.717) is 32.0 Å². The molecule has 0 bridgehead atoms. The van der Waals surface area contributed by atoms with Gasteiger partial charge in [0.1, 0.15) is 5.75 Å². The van der Waals surface area contributed by atoms with Crippen LogP contribution in [0.2, 0.25) is 0 Å². The first-order valence-corrected chi connectivity index (χ1v) is 10.4. The summed E-state index contributed by atoms with van der Waals surface area (Å²) in [6.45, 7) is 5.97. The standard InChI is InChI=1S/C24H30N2O3/c1-18(2)19-8-10-20(11-9-19)24(28)26-15-12-21(13-16-26)25-23(27)14-17-29-22-6-4-3-5-7-22/h3-11,18,21H,12-17H2,1-2H3,(H,25,27). The maximum atomic E-state index is 12.7. The Bertz CT molecular complexity index is 795. The molecule has 2 aromatic carbocycles. The zero-order valence-electron chi connectivity index (χ0n) is 17.3. The van der Waals surface area contributed by atoms with Crippen LogP contribution in [0, 0.1) is 0 Å². The largest absolute Gasteiger partial charge is 0.493 e. The third-order valence-corrected chi connectivity index (χ3v) is 5.31. The van der Waals surface area contributed by atoms with E-state index in [1.165, 1.54) is 5.56 Å². The average Bonchev–Trinajstić information content (AvgIpc) is 2.74. The zero-order valence-corrected chi connectivity index (χ0v) is 17.3. The summed E-state index contributed by atoms with van der Waals surface area (Å²) in [5.41, 5.74) is 1.97. The van der Waals surface area contributed by atoms with Crippen LogP contribution in [0.15, 0.2) is 54.6 Å². The van der Waals surface area contributed by atoms with Gasteiger partial charge in [0.05, 0.1) is 13.0 Å². The first kappa shape index (κ1) is 20.9. The van der Waals surface area contributed by atoms with E-state index in [4.69, 9.17) is 4.74 Å². The summed E-state index contributed by atoms with van der Waals surface area (Å²) in [7, 11) is 0. The van der Waals surface area contributed by atoms with Gasteiger partial charge < -0.3 is 15.0 Å². The van der Waals surface area contributed by atoms with Crippen molar-refractivity contribution in [3.63, 3.8) is 0 Å². The Labute approximate surface area is 173 Å². The molecule has 2 aromatic rings. The van der Waals surface area contributed by atoms with Crippen molar-refractivity contribution < 1.29 is 14.3 Å². The van der Waals surface area contributed by atoms with Crippen LogP contribution in [0.3, 0.4) is 0 Å². The number of rotatable bonds is 7. The normalized spacial score (nSPS) is 14.7. The fraction of sp³-hybridized carbons (Fsp3) is 0.417. The Hall–Kier alpha value is -2.82. The molecular formula is C24H30N2O3. The van der Waals surface area contributed by atoms with Gasteiger partial charge in [0.2, 0.25) is 5.91 Å². The van der Waals surface area contributed by atoms with Crippen molar-refractivity contribution in [1.29, 1.82) is 0 Å². The third-order valence-electron chi connectivity index (χ3n) is 5.31. The molecular weight excluding hydrogens is 364 g/mol. The molecule has 5 heteroatoms. The number of hydrogen-bond donors (Lipinski definition) is 1. The highest BCUT2D eigenvalue weighted by Crippen LogP contribution is 2.18. The Morgan fingerprint density at radius 2 is 1.69 bits per heavy atom. The summed E-state index contributed by atoms with van der Waals surface area (Å²) in [6, 6.07) is 17.5. The van der Waals surface area contributed by atoms with Gasteiger partial charge in [-0.25, -0.2) is 0 Å². The molecule has 29 heavy (non-hydrogen) atoms. The Balaban J connectivity index is 1.39. The van der Waals surface area contributed by atoms with Crippen molar-refractivity contribution >= 4 is 11.8 Å². The van der Waals surface area contributed by atoms with Crippen LogP contribution >= 0.6 is 0 Å². The molecule has 0 aliphatic carbocycles. The second kappa shape index (κ2) is 10.1. The molecule has 0 aromatic heterocycles. The van der Waals surface area contributed by atoms with Gasteiger partial charge in [-0.15, -0.1) is 0 Å². The number of amides is 2. The van der Waals surface area contributed by atoms with Crippen LogP contribution in [0.5, 0.6) is 5.75 Å². The zero-order chi connectivity index (χ0) is 20.6. The Kier molecular flexibility index (Phi) is 7.28. The smallest absolute Gasteiger partial charge is 0.253 e. The quantitative estimate of drug-likeness (QED) is 0.772. The maximum Gasteiger partial charge on any atom is 0.253 e. The molecule has 1 fully saturated rings. The number of nitrogens with one attached hydrogen (secondary N) is 1. The Morgan fingerprint density at radius 3 is 2.31 bits per heavy atom. The first-order chi connectivity index (χ1) is 14.0. The van der Waals surface area contributed by atoms with Crippen LogP contribution in [0.4, 0.5) is 0 Å². The summed E-state index contributed by atoms with van der Waals surface area (Å²) in [4.78, 5) is 26.7. The highest BCUT2D eigenvalue weighted by Gasteiger charge is 2.24. The van der Waals surface area contributed by atoms with Crippen LogP contribution in [0.1, 0.15) is 54.9 Å². The first-order valence-electron chi connectivity index (χ1n) is 10.4. The molecule has 1 N–H and O–H groups in total. The molecule has 0 atom stereocenters. The van der Waals surface area contributed by atoms with Crippen molar-refractivity contribution in [2.75, 3.05) is 19.7 Å². The van der Waals surface area contributed by atoms with Crippen LogP contribution < -0.4 is 10.1 Å². The molecule has 1 aliphatic rings. The van der Waals surface area contributed by atoms with E-state index in [1.54, 1.807) is 0 Å². The highest BCUT2D eigenvalue weighted by atomic mass is 16.5. The van der Waals surface area contributed by atoms with Gasteiger partial charge in [-0.1, -0.05) is 44.2 Å². The number of likely N-dealkylation sites (tertiary alicyclic amines) is 1. The van der Waals surface area contributed by atoms with Crippen molar-refractivity contribution in [1.82, 2.24) is 10.2 Å². The number of carbonyl (C=O) groups is 2. The van der Waals surface area contributed by atoms with Crippen LogP contribution in [0.25, 0.3) is 0 Å². The van der Waals surface area contributed by atoms with Gasteiger partial charge in [0.15, 0.2) is 0 Å². The number of para-hydroxylation sites is 1. The summed E-state index contributed by atoms with van der Waals surface area (Å²) < 4.78 is 5.57. The predicted octanol–water partition coefficient (Wildman–Crippen LogP) is 4.00. The lowest BCUT2D eigenvalue weighted by atomic mass is 10.0. The average molecular weight is 395 g/mol. The maximum absolute atomic E-state index is 12.7. The van der Waals surface area contributed by atoms with Gasteiger partial charge in [0, 0.05) is 24.7 Å². The summed E-state index contributed by atoms with van der Waals surface area (Å²) in [5.74, 6) is 1.29. The lowest BCUT2D eigenvalue weighted by molar-refractivity contribution is -0.122. The molecule has 0 unspecified atom stereocenters. The molecule has 5 nitrogen and oxygen atoms in total. The minimum Gasteiger partial charge on any atom is -0.493 e. The number of hydrogen-bond acceptors (Lipinski definition) is 3. The molecule has 2 amide bonds.